The van der Waals surface area contributed by atoms with Gasteiger partial charge in [-0.25, -0.2) is 9.18 Å². The van der Waals surface area contributed by atoms with Crippen LogP contribution in [0.25, 0.3) is 0 Å². The lowest BCUT2D eigenvalue weighted by Gasteiger charge is -2.12. The molecule has 0 heterocycles. The van der Waals surface area contributed by atoms with Gasteiger partial charge in [-0.3, -0.25) is 4.79 Å². The van der Waals surface area contributed by atoms with Crippen LogP contribution in [-0.2, 0) is 9.53 Å². The van der Waals surface area contributed by atoms with E-state index in [1.54, 1.807) is 0 Å². The van der Waals surface area contributed by atoms with Crippen molar-refractivity contribution in [3.8, 4) is 5.75 Å². The summed E-state index contributed by atoms with van der Waals surface area (Å²) >= 11 is 0. The van der Waals surface area contributed by atoms with Gasteiger partial charge in [0.05, 0.1) is 12.7 Å². The third kappa shape index (κ3) is 3.27. The van der Waals surface area contributed by atoms with Crippen LogP contribution in [0.4, 0.5) is 4.39 Å². The molecule has 0 radical (unpaired) electrons. The normalized spacial score (nSPS) is 11.8. The minimum atomic E-state index is -0.831. The van der Waals surface area contributed by atoms with Crippen LogP contribution in [0.15, 0.2) is 18.2 Å². The summed E-state index contributed by atoms with van der Waals surface area (Å²) in [7, 11) is 1.24. The largest absolute Gasteiger partial charge is 0.479 e. The molecule has 17 heavy (non-hydrogen) atoms. The highest BCUT2D eigenvalue weighted by Gasteiger charge is 2.16. The van der Waals surface area contributed by atoms with E-state index < -0.39 is 17.9 Å². The Bertz CT molecular complexity index is 442. The van der Waals surface area contributed by atoms with E-state index in [-0.39, 0.29) is 17.1 Å². The number of esters is 1. The number of rotatable bonds is 4. The Morgan fingerprint density at radius 2 is 2.00 bits per heavy atom. The Labute approximate surface area is 98.3 Å². The number of benzene rings is 1. The molecule has 0 amide bonds. The van der Waals surface area contributed by atoms with Crippen molar-refractivity contribution >= 4 is 11.8 Å². The number of hydrogen-bond acceptors (Lipinski definition) is 4. The van der Waals surface area contributed by atoms with Gasteiger partial charge in [0.25, 0.3) is 0 Å². The van der Waals surface area contributed by atoms with Gasteiger partial charge in [0.2, 0.25) is 0 Å². The van der Waals surface area contributed by atoms with E-state index in [0.717, 1.165) is 6.07 Å². The quantitative estimate of drug-likeness (QED) is 0.596. The first-order chi connectivity index (χ1) is 7.95. The smallest absolute Gasteiger partial charge is 0.346 e. The second-order valence-corrected chi connectivity index (χ2v) is 3.48. The minimum absolute atomic E-state index is 0.0110. The van der Waals surface area contributed by atoms with E-state index in [1.807, 2.05) is 0 Å². The van der Waals surface area contributed by atoms with Crippen LogP contribution in [0.1, 0.15) is 24.2 Å². The van der Waals surface area contributed by atoms with Crippen molar-refractivity contribution in [2.75, 3.05) is 7.11 Å². The first-order valence-electron chi connectivity index (χ1n) is 5.00. The number of halogens is 1. The van der Waals surface area contributed by atoms with Crippen molar-refractivity contribution < 1.29 is 23.5 Å². The molecule has 0 N–H and O–H groups in total. The third-order valence-corrected chi connectivity index (χ3v) is 2.17. The number of hydrogen-bond donors (Lipinski definition) is 0. The van der Waals surface area contributed by atoms with Crippen LogP contribution in [0, 0.1) is 5.82 Å². The Balaban J connectivity index is 2.84. The number of ether oxygens (including phenoxy) is 2. The molecule has 4 nitrogen and oxygen atoms in total. The molecule has 1 rings (SSSR count). The summed E-state index contributed by atoms with van der Waals surface area (Å²) in [4.78, 5) is 22.1. The number of carbonyl (C=O) groups is 2. The van der Waals surface area contributed by atoms with Crippen molar-refractivity contribution in [1.29, 1.82) is 0 Å². The maximum Gasteiger partial charge on any atom is 0.346 e. The van der Waals surface area contributed by atoms with E-state index >= 15 is 0 Å². The lowest BCUT2D eigenvalue weighted by molar-refractivity contribution is -0.147. The molecule has 92 valence electrons. The highest BCUT2D eigenvalue weighted by atomic mass is 19.1. The Morgan fingerprint density at radius 1 is 1.35 bits per heavy atom. The predicted octanol–water partition coefficient (Wildman–Crippen LogP) is 1.97. The molecule has 0 spiro atoms. The zero-order valence-corrected chi connectivity index (χ0v) is 9.82. The second-order valence-electron chi connectivity index (χ2n) is 3.48. The van der Waals surface area contributed by atoms with E-state index in [9.17, 15) is 14.0 Å². The van der Waals surface area contributed by atoms with Crippen LogP contribution >= 0.6 is 0 Å². The maximum absolute atomic E-state index is 13.4. The van der Waals surface area contributed by atoms with E-state index in [1.165, 1.54) is 33.1 Å². The third-order valence-electron chi connectivity index (χ3n) is 2.17. The lowest BCUT2D eigenvalue weighted by Crippen LogP contribution is -2.24. The number of Topliss-reactive ketones (excluding diaryl/α,β-unsaturated/α-hetero) is 1. The van der Waals surface area contributed by atoms with E-state index in [4.69, 9.17) is 4.74 Å². The fourth-order valence-corrected chi connectivity index (χ4v) is 1.27. The Hall–Kier alpha value is -1.91. The van der Waals surface area contributed by atoms with Gasteiger partial charge in [-0.05, 0) is 26.0 Å². The SMILES string of the molecule is COC(=O)C(C)Oc1ccc(C(C)=O)c(F)c1. The lowest BCUT2D eigenvalue weighted by atomic mass is 10.1. The predicted molar refractivity (Wildman–Crippen MR) is 58.5 cm³/mol. The standard InChI is InChI=1S/C12H13FO4/c1-7(14)10-5-4-9(6-11(10)13)17-8(2)12(15)16-3/h4-6,8H,1-3H3. The summed E-state index contributed by atoms with van der Waals surface area (Å²) < 4.78 is 23.0. The second kappa shape index (κ2) is 5.43. The van der Waals surface area contributed by atoms with Crippen LogP contribution < -0.4 is 4.74 Å². The van der Waals surface area contributed by atoms with Crippen molar-refractivity contribution in [2.24, 2.45) is 0 Å². The molecule has 0 aliphatic heterocycles. The highest BCUT2D eigenvalue weighted by Crippen LogP contribution is 2.18. The fraction of sp³-hybridized carbons (Fsp3) is 0.333. The van der Waals surface area contributed by atoms with Crippen molar-refractivity contribution in [2.45, 2.75) is 20.0 Å². The maximum atomic E-state index is 13.4. The molecule has 0 fully saturated rings. The number of ketones is 1. The monoisotopic (exact) mass is 240 g/mol. The summed E-state index contributed by atoms with van der Waals surface area (Å²) in [5.74, 6) is -1.42. The molecular formula is C12H13FO4. The van der Waals surface area contributed by atoms with E-state index in [0.29, 0.717) is 0 Å². The summed E-state index contributed by atoms with van der Waals surface area (Å²) in [6.07, 6.45) is -0.831. The van der Waals surface area contributed by atoms with Gasteiger partial charge in [-0.15, -0.1) is 0 Å². The first kappa shape index (κ1) is 13.2. The molecule has 0 bridgehead atoms. The van der Waals surface area contributed by atoms with Gasteiger partial charge in [0, 0.05) is 6.07 Å². The molecular weight excluding hydrogens is 227 g/mol. The van der Waals surface area contributed by atoms with Gasteiger partial charge in [0.15, 0.2) is 11.9 Å². The summed E-state index contributed by atoms with van der Waals surface area (Å²) in [5, 5.41) is 0. The van der Waals surface area contributed by atoms with Crippen molar-refractivity contribution in [3.63, 3.8) is 0 Å². The summed E-state index contributed by atoms with van der Waals surface area (Å²) in [6, 6.07) is 3.81. The topological polar surface area (TPSA) is 52.6 Å². The highest BCUT2D eigenvalue weighted by molar-refractivity contribution is 5.94. The molecule has 5 heteroatoms. The molecule has 1 aromatic rings. The molecule has 0 saturated heterocycles. The molecule has 0 saturated carbocycles. The molecule has 1 unspecified atom stereocenters. The number of carbonyl (C=O) groups excluding carboxylic acids is 2. The Morgan fingerprint density at radius 3 is 2.47 bits per heavy atom. The molecule has 1 aromatic carbocycles. The van der Waals surface area contributed by atoms with Gasteiger partial charge < -0.3 is 9.47 Å². The van der Waals surface area contributed by atoms with Crippen molar-refractivity contribution in [1.82, 2.24) is 0 Å². The number of methoxy groups -OCH3 is 1. The summed E-state index contributed by atoms with van der Waals surface area (Å²) in [5.41, 5.74) is -0.0110. The van der Waals surface area contributed by atoms with Gasteiger partial charge in [-0.2, -0.15) is 0 Å². The zero-order chi connectivity index (χ0) is 13.0. The van der Waals surface area contributed by atoms with Gasteiger partial charge >= 0.3 is 5.97 Å². The van der Waals surface area contributed by atoms with Gasteiger partial charge in [0.1, 0.15) is 11.6 Å². The molecule has 0 aromatic heterocycles. The molecule has 1 atom stereocenters. The first-order valence-corrected chi connectivity index (χ1v) is 5.00. The molecule has 0 aliphatic carbocycles. The van der Waals surface area contributed by atoms with Gasteiger partial charge in [-0.1, -0.05) is 0 Å². The van der Waals surface area contributed by atoms with Crippen LogP contribution in [-0.4, -0.2) is 25.0 Å². The van der Waals surface area contributed by atoms with Crippen LogP contribution in [0.2, 0.25) is 0 Å². The van der Waals surface area contributed by atoms with E-state index in [2.05, 4.69) is 4.74 Å². The fourth-order valence-electron chi connectivity index (χ4n) is 1.27. The molecule has 0 aliphatic rings. The zero-order valence-electron chi connectivity index (χ0n) is 9.82. The van der Waals surface area contributed by atoms with Crippen LogP contribution in [0.3, 0.4) is 0 Å². The average Bonchev–Trinajstić information content (AvgIpc) is 2.27. The van der Waals surface area contributed by atoms with Crippen molar-refractivity contribution in [3.05, 3.63) is 29.6 Å². The Kier molecular flexibility index (Phi) is 4.20. The average molecular weight is 240 g/mol. The van der Waals surface area contributed by atoms with Crippen LogP contribution in [0.5, 0.6) is 5.75 Å². The summed E-state index contributed by atoms with van der Waals surface area (Å²) in [6.45, 7) is 2.76. The minimum Gasteiger partial charge on any atom is -0.479 e.